The van der Waals surface area contributed by atoms with Crippen molar-refractivity contribution in [3.63, 3.8) is 0 Å². The summed E-state index contributed by atoms with van der Waals surface area (Å²) in [6.45, 7) is 5.54. The van der Waals surface area contributed by atoms with E-state index in [9.17, 15) is 14.7 Å². The first kappa shape index (κ1) is 19.4. The van der Waals surface area contributed by atoms with Gasteiger partial charge in [0.05, 0.1) is 11.6 Å². The maximum atomic E-state index is 15.4. The first-order chi connectivity index (χ1) is 14.3. The van der Waals surface area contributed by atoms with Crippen LogP contribution in [-0.2, 0) is 0 Å². The Kier molecular flexibility index (Phi) is 4.32. The normalized spacial score (nSPS) is 26.4. The summed E-state index contributed by atoms with van der Waals surface area (Å²) < 4.78 is 22.9. The fourth-order valence-electron chi connectivity index (χ4n) is 5.61. The van der Waals surface area contributed by atoms with Crippen LogP contribution in [0.4, 0.5) is 10.1 Å². The fourth-order valence-corrected chi connectivity index (χ4v) is 5.61. The number of benzene rings is 1. The molecule has 0 amide bonds. The molecule has 1 aromatic carbocycles. The van der Waals surface area contributed by atoms with Crippen molar-refractivity contribution in [3.8, 4) is 5.75 Å². The number of aromatic carboxylic acids is 1. The summed E-state index contributed by atoms with van der Waals surface area (Å²) >= 11 is 0. The molecule has 160 valence electrons. The van der Waals surface area contributed by atoms with E-state index in [0.29, 0.717) is 22.3 Å². The summed E-state index contributed by atoms with van der Waals surface area (Å²) in [7, 11) is 2.12. The quantitative estimate of drug-likeness (QED) is 0.813. The van der Waals surface area contributed by atoms with Crippen LogP contribution in [0, 0.1) is 11.2 Å². The summed E-state index contributed by atoms with van der Waals surface area (Å²) in [6, 6.07) is 2.28. The highest BCUT2D eigenvalue weighted by molar-refractivity contribution is 5.97. The Balaban J connectivity index is 1.69. The topological polar surface area (TPSA) is 75.0 Å². The Labute approximate surface area is 173 Å². The number of piperidine rings is 1. The number of carboxylic acids is 1. The Bertz CT molecular complexity index is 1110. The van der Waals surface area contributed by atoms with Crippen LogP contribution in [0.5, 0.6) is 5.75 Å². The smallest absolute Gasteiger partial charge is 0.341 e. The van der Waals surface area contributed by atoms with Crippen LogP contribution >= 0.6 is 0 Å². The Morgan fingerprint density at radius 1 is 1.27 bits per heavy atom. The zero-order valence-electron chi connectivity index (χ0n) is 17.3. The lowest BCUT2D eigenvalue weighted by Crippen LogP contribution is -2.45. The summed E-state index contributed by atoms with van der Waals surface area (Å²) in [5, 5.41) is 9.81. The molecule has 2 fully saturated rings. The van der Waals surface area contributed by atoms with Crippen LogP contribution in [0.2, 0.25) is 0 Å². The highest BCUT2D eigenvalue weighted by atomic mass is 19.1. The van der Waals surface area contributed by atoms with E-state index in [0.717, 1.165) is 45.4 Å². The molecule has 2 atom stereocenters. The van der Waals surface area contributed by atoms with Crippen LogP contribution in [0.25, 0.3) is 10.9 Å². The first-order valence-electron chi connectivity index (χ1n) is 10.5. The maximum Gasteiger partial charge on any atom is 0.341 e. The SMILES string of the molecule is C[C@H]1COc2c(N3CCCC4(CCN(C)C4)C3)c(F)cc3cc(C(=O)O)c(=O)n1c23. The van der Waals surface area contributed by atoms with E-state index >= 15 is 4.39 Å². The van der Waals surface area contributed by atoms with E-state index in [1.54, 1.807) is 0 Å². The molecule has 1 unspecified atom stereocenters. The van der Waals surface area contributed by atoms with Crippen molar-refractivity contribution >= 4 is 22.6 Å². The molecule has 0 aliphatic carbocycles. The summed E-state index contributed by atoms with van der Waals surface area (Å²) in [5.41, 5.74) is 0.121. The minimum Gasteiger partial charge on any atom is -0.487 e. The van der Waals surface area contributed by atoms with Crippen molar-refractivity contribution in [1.29, 1.82) is 0 Å². The molecular weight excluding hydrogens is 389 g/mol. The summed E-state index contributed by atoms with van der Waals surface area (Å²) in [6.07, 6.45) is 3.20. The molecule has 2 saturated heterocycles. The molecule has 1 aromatic heterocycles. The molecule has 0 saturated carbocycles. The standard InChI is InChI=1S/C22H26FN3O4/c1-13-10-30-19-17-14(8-15(21(28)29)20(27)26(13)17)9-16(23)18(19)25-6-3-4-22(12-25)5-7-24(2)11-22/h8-9,13H,3-7,10-12H2,1-2H3,(H,28,29)/t13-,22?/m0/s1. The van der Waals surface area contributed by atoms with E-state index in [2.05, 4.69) is 16.8 Å². The molecule has 0 radical (unpaired) electrons. The number of hydrogen-bond donors (Lipinski definition) is 1. The number of rotatable bonds is 2. The average molecular weight is 415 g/mol. The van der Waals surface area contributed by atoms with Gasteiger partial charge in [0.25, 0.3) is 5.56 Å². The van der Waals surface area contributed by atoms with Crippen LogP contribution < -0.4 is 15.2 Å². The molecule has 3 aliphatic heterocycles. The third kappa shape index (κ3) is 2.80. The van der Waals surface area contributed by atoms with Gasteiger partial charge in [-0.25, -0.2) is 9.18 Å². The maximum absolute atomic E-state index is 15.4. The fraction of sp³-hybridized carbons (Fsp3) is 0.545. The van der Waals surface area contributed by atoms with E-state index in [1.165, 1.54) is 16.7 Å². The minimum absolute atomic E-state index is 0.149. The minimum atomic E-state index is -1.31. The number of carboxylic acid groups (broad SMARTS) is 1. The van der Waals surface area contributed by atoms with Gasteiger partial charge < -0.3 is 19.6 Å². The van der Waals surface area contributed by atoms with Gasteiger partial charge in [-0.3, -0.25) is 9.36 Å². The van der Waals surface area contributed by atoms with Crippen LogP contribution in [0.15, 0.2) is 16.9 Å². The number of pyridine rings is 1. The van der Waals surface area contributed by atoms with Gasteiger partial charge in [-0.05, 0) is 51.9 Å². The van der Waals surface area contributed by atoms with Gasteiger partial charge in [0.2, 0.25) is 0 Å². The van der Waals surface area contributed by atoms with Gasteiger partial charge in [0.15, 0.2) is 11.6 Å². The predicted octanol–water partition coefficient (Wildman–Crippen LogP) is 2.71. The van der Waals surface area contributed by atoms with Crippen molar-refractivity contribution in [2.45, 2.75) is 32.2 Å². The molecule has 4 heterocycles. The number of halogens is 1. The zero-order chi connectivity index (χ0) is 21.2. The third-order valence-corrected chi connectivity index (χ3v) is 6.95. The molecule has 30 heavy (non-hydrogen) atoms. The molecule has 1 spiro atoms. The zero-order valence-corrected chi connectivity index (χ0v) is 17.3. The lowest BCUT2D eigenvalue weighted by atomic mass is 9.79. The van der Waals surface area contributed by atoms with Crippen molar-refractivity contribution in [2.75, 3.05) is 44.7 Å². The second-order valence-electron chi connectivity index (χ2n) is 9.19. The van der Waals surface area contributed by atoms with Gasteiger partial charge >= 0.3 is 5.97 Å². The van der Waals surface area contributed by atoms with Crippen molar-refractivity contribution in [1.82, 2.24) is 9.47 Å². The number of likely N-dealkylation sites (tertiary alicyclic amines) is 1. The predicted molar refractivity (Wildman–Crippen MR) is 111 cm³/mol. The largest absolute Gasteiger partial charge is 0.487 e. The second-order valence-corrected chi connectivity index (χ2v) is 9.19. The Hall–Kier alpha value is -2.61. The molecule has 3 aliphatic rings. The Morgan fingerprint density at radius 2 is 2.07 bits per heavy atom. The van der Waals surface area contributed by atoms with Crippen molar-refractivity contribution in [3.05, 3.63) is 33.9 Å². The van der Waals surface area contributed by atoms with Crippen molar-refractivity contribution in [2.24, 2.45) is 5.41 Å². The Morgan fingerprint density at radius 3 is 2.77 bits per heavy atom. The summed E-state index contributed by atoms with van der Waals surface area (Å²) in [4.78, 5) is 28.8. The lowest BCUT2D eigenvalue weighted by molar-refractivity contribution is 0.0694. The lowest BCUT2D eigenvalue weighted by Gasteiger charge is -2.42. The van der Waals surface area contributed by atoms with Crippen molar-refractivity contribution < 1.29 is 19.0 Å². The monoisotopic (exact) mass is 415 g/mol. The van der Waals surface area contributed by atoms with Gasteiger partial charge in [-0.1, -0.05) is 0 Å². The highest BCUT2D eigenvalue weighted by Crippen LogP contribution is 2.46. The van der Waals surface area contributed by atoms with Gasteiger partial charge in [0, 0.05) is 30.4 Å². The second kappa shape index (κ2) is 6.70. The van der Waals surface area contributed by atoms with E-state index < -0.39 is 17.3 Å². The van der Waals surface area contributed by atoms with E-state index in [4.69, 9.17) is 4.74 Å². The molecular formula is C22H26FN3O4. The molecule has 1 N–H and O–H groups in total. The number of aromatic nitrogens is 1. The first-order valence-corrected chi connectivity index (χ1v) is 10.5. The molecule has 2 aromatic rings. The molecule has 5 rings (SSSR count). The number of anilines is 1. The summed E-state index contributed by atoms with van der Waals surface area (Å²) in [5.74, 6) is -1.38. The number of nitrogens with zero attached hydrogens (tertiary/aromatic N) is 3. The van der Waals surface area contributed by atoms with Gasteiger partial charge in [-0.15, -0.1) is 0 Å². The van der Waals surface area contributed by atoms with E-state index in [1.807, 2.05) is 6.92 Å². The van der Waals surface area contributed by atoms with Gasteiger partial charge in [-0.2, -0.15) is 0 Å². The molecule has 7 nitrogen and oxygen atoms in total. The van der Waals surface area contributed by atoms with Gasteiger partial charge in [0.1, 0.15) is 17.9 Å². The van der Waals surface area contributed by atoms with Crippen LogP contribution in [0.1, 0.15) is 42.6 Å². The van der Waals surface area contributed by atoms with Crippen LogP contribution in [0.3, 0.4) is 0 Å². The number of hydrogen-bond acceptors (Lipinski definition) is 5. The van der Waals surface area contributed by atoms with Crippen LogP contribution in [-0.4, -0.2) is 60.4 Å². The molecule has 8 heteroatoms. The third-order valence-electron chi connectivity index (χ3n) is 6.95. The number of carbonyl (C=O) groups is 1. The van der Waals surface area contributed by atoms with E-state index in [-0.39, 0.29) is 23.6 Å². The molecule has 0 bridgehead atoms. The highest BCUT2D eigenvalue weighted by Gasteiger charge is 2.42. The number of ether oxygens (including phenoxy) is 1. The average Bonchev–Trinajstić information content (AvgIpc) is 3.04.